The Balaban J connectivity index is 2.21. The lowest BCUT2D eigenvalue weighted by Crippen LogP contribution is -2.04. The first-order valence-electron chi connectivity index (χ1n) is 6.14. The molecule has 0 spiro atoms. The van der Waals surface area contributed by atoms with E-state index < -0.39 is 0 Å². The molecular weight excluding hydrogens is 388 g/mol. The summed E-state index contributed by atoms with van der Waals surface area (Å²) < 4.78 is 9.35. The number of hydrogen-bond acceptors (Lipinski definition) is 3. The van der Waals surface area contributed by atoms with E-state index >= 15 is 0 Å². The van der Waals surface area contributed by atoms with Crippen LogP contribution in [0.1, 0.15) is 28.7 Å². The second kappa shape index (κ2) is 6.54. The van der Waals surface area contributed by atoms with Crippen molar-refractivity contribution in [2.45, 2.75) is 20.0 Å². The average Bonchev–Trinajstić information content (AvgIpc) is 2.72. The van der Waals surface area contributed by atoms with Crippen LogP contribution in [0.25, 0.3) is 0 Å². The van der Waals surface area contributed by atoms with Gasteiger partial charge in [-0.3, -0.25) is 9.48 Å². The largest absolute Gasteiger partial charge is 0.487 e. The van der Waals surface area contributed by atoms with Crippen molar-refractivity contribution in [1.29, 1.82) is 0 Å². The van der Waals surface area contributed by atoms with E-state index in [2.05, 4.69) is 43.9 Å². The minimum atomic E-state index is 0.354. The first-order chi connectivity index (χ1) is 9.56. The van der Waals surface area contributed by atoms with Crippen LogP contribution in [-0.2, 0) is 20.1 Å². The fraction of sp³-hybridized carbons (Fsp3) is 0.286. The third-order valence-corrected chi connectivity index (χ3v) is 4.37. The van der Waals surface area contributed by atoms with Crippen molar-refractivity contribution in [3.8, 4) is 5.75 Å². The number of aryl methyl sites for hydroxylation is 2. The van der Waals surface area contributed by atoms with E-state index in [1.54, 1.807) is 16.8 Å². The molecule has 0 aliphatic heterocycles. The van der Waals surface area contributed by atoms with Crippen LogP contribution < -0.4 is 4.74 Å². The van der Waals surface area contributed by atoms with Gasteiger partial charge < -0.3 is 4.74 Å². The standard InChI is InChI=1S/C14H14Br2N2O2/c1-3-11-14(16)12(18(2)17-11)8-20-13-5-4-10(15)6-9(13)7-19/h4-7H,3,8H2,1-2H3. The quantitative estimate of drug-likeness (QED) is 0.713. The number of rotatable bonds is 5. The van der Waals surface area contributed by atoms with E-state index in [0.717, 1.165) is 33.0 Å². The van der Waals surface area contributed by atoms with Crippen molar-refractivity contribution in [1.82, 2.24) is 9.78 Å². The number of carbonyl (C=O) groups excluding carboxylic acids is 1. The third kappa shape index (κ3) is 3.12. The predicted molar refractivity (Wildman–Crippen MR) is 84.1 cm³/mol. The van der Waals surface area contributed by atoms with Gasteiger partial charge in [0.15, 0.2) is 6.29 Å². The summed E-state index contributed by atoms with van der Waals surface area (Å²) in [5.74, 6) is 0.564. The fourth-order valence-corrected chi connectivity index (χ4v) is 2.98. The van der Waals surface area contributed by atoms with Crippen LogP contribution in [-0.4, -0.2) is 16.1 Å². The molecule has 0 bridgehead atoms. The number of aromatic nitrogens is 2. The zero-order valence-corrected chi connectivity index (χ0v) is 14.4. The molecule has 0 fully saturated rings. The number of carbonyl (C=O) groups is 1. The second-order valence-corrected chi connectivity index (χ2v) is 5.98. The van der Waals surface area contributed by atoms with Gasteiger partial charge in [0.2, 0.25) is 0 Å². The first-order valence-corrected chi connectivity index (χ1v) is 7.73. The van der Waals surface area contributed by atoms with E-state index in [0.29, 0.717) is 17.9 Å². The van der Waals surface area contributed by atoms with E-state index in [-0.39, 0.29) is 0 Å². The van der Waals surface area contributed by atoms with E-state index in [4.69, 9.17) is 4.74 Å². The Labute approximate surface area is 134 Å². The molecule has 1 heterocycles. The van der Waals surface area contributed by atoms with Crippen LogP contribution >= 0.6 is 31.9 Å². The average molecular weight is 402 g/mol. The maximum Gasteiger partial charge on any atom is 0.153 e. The summed E-state index contributed by atoms with van der Waals surface area (Å²) in [6, 6.07) is 5.36. The molecule has 0 aliphatic carbocycles. The van der Waals surface area contributed by atoms with Crippen molar-refractivity contribution in [3.63, 3.8) is 0 Å². The summed E-state index contributed by atoms with van der Waals surface area (Å²) in [6.45, 7) is 2.41. The molecule has 20 heavy (non-hydrogen) atoms. The number of aldehydes is 1. The molecule has 0 saturated heterocycles. The maximum atomic E-state index is 11.0. The number of nitrogens with zero attached hydrogens (tertiary/aromatic N) is 2. The van der Waals surface area contributed by atoms with Crippen molar-refractivity contribution < 1.29 is 9.53 Å². The van der Waals surface area contributed by atoms with Gasteiger partial charge in [-0.15, -0.1) is 0 Å². The van der Waals surface area contributed by atoms with E-state index in [9.17, 15) is 4.79 Å². The van der Waals surface area contributed by atoms with Gasteiger partial charge in [-0.25, -0.2) is 0 Å². The van der Waals surface area contributed by atoms with Crippen LogP contribution in [0.4, 0.5) is 0 Å². The lowest BCUT2D eigenvalue weighted by molar-refractivity contribution is 0.111. The van der Waals surface area contributed by atoms with Gasteiger partial charge >= 0.3 is 0 Å². The number of benzene rings is 1. The number of halogens is 2. The highest BCUT2D eigenvalue weighted by Gasteiger charge is 2.13. The molecule has 106 valence electrons. The van der Waals surface area contributed by atoms with Gasteiger partial charge in [-0.2, -0.15) is 5.10 Å². The highest BCUT2D eigenvalue weighted by molar-refractivity contribution is 9.10. The molecular formula is C14H14Br2N2O2. The molecule has 0 atom stereocenters. The second-order valence-electron chi connectivity index (χ2n) is 4.27. The summed E-state index contributed by atoms with van der Waals surface area (Å²) in [5, 5.41) is 4.41. The third-order valence-electron chi connectivity index (χ3n) is 2.97. The fourth-order valence-electron chi connectivity index (χ4n) is 1.87. The molecule has 0 N–H and O–H groups in total. The Morgan fingerprint density at radius 1 is 1.40 bits per heavy atom. The Kier molecular flexibility index (Phi) is 4.99. The Hall–Kier alpha value is -1.14. The molecule has 0 amide bonds. The Morgan fingerprint density at radius 3 is 2.75 bits per heavy atom. The molecule has 4 nitrogen and oxygen atoms in total. The minimum absolute atomic E-state index is 0.354. The normalized spacial score (nSPS) is 10.6. The summed E-state index contributed by atoms with van der Waals surface area (Å²) in [5.41, 5.74) is 2.47. The maximum absolute atomic E-state index is 11.0. The van der Waals surface area contributed by atoms with Crippen molar-refractivity contribution in [2.24, 2.45) is 7.05 Å². The summed E-state index contributed by atoms with van der Waals surface area (Å²) >= 11 is 6.88. The van der Waals surface area contributed by atoms with Crippen molar-refractivity contribution >= 4 is 38.1 Å². The van der Waals surface area contributed by atoms with Gasteiger partial charge in [0, 0.05) is 11.5 Å². The number of hydrogen-bond donors (Lipinski definition) is 0. The van der Waals surface area contributed by atoms with Gasteiger partial charge in [0.25, 0.3) is 0 Å². The first kappa shape index (κ1) is 15.3. The van der Waals surface area contributed by atoms with Crippen LogP contribution in [0.5, 0.6) is 5.75 Å². The highest BCUT2D eigenvalue weighted by atomic mass is 79.9. The highest BCUT2D eigenvalue weighted by Crippen LogP contribution is 2.26. The molecule has 0 aliphatic rings. The molecule has 1 aromatic carbocycles. The van der Waals surface area contributed by atoms with Crippen molar-refractivity contribution in [2.75, 3.05) is 0 Å². The Morgan fingerprint density at radius 2 is 2.15 bits per heavy atom. The smallest absolute Gasteiger partial charge is 0.153 e. The van der Waals surface area contributed by atoms with Crippen molar-refractivity contribution in [3.05, 3.63) is 44.1 Å². The SMILES string of the molecule is CCc1nn(C)c(COc2ccc(Br)cc2C=O)c1Br. The van der Waals surface area contributed by atoms with Gasteiger partial charge in [0.05, 0.1) is 21.4 Å². The molecule has 0 saturated carbocycles. The van der Waals surface area contributed by atoms with Crippen LogP contribution in [0.15, 0.2) is 27.1 Å². The zero-order chi connectivity index (χ0) is 14.7. The predicted octanol–water partition coefficient (Wildman–Crippen LogP) is 3.90. The topological polar surface area (TPSA) is 44.1 Å². The summed E-state index contributed by atoms with van der Waals surface area (Å²) in [6.07, 6.45) is 1.64. The van der Waals surface area contributed by atoms with Crippen LogP contribution in [0.3, 0.4) is 0 Å². The van der Waals surface area contributed by atoms with E-state index in [1.165, 1.54) is 0 Å². The minimum Gasteiger partial charge on any atom is -0.487 e. The summed E-state index contributed by atoms with van der Waals surface area (Å²) in [7, 11) is 1.88. The Bertz CT molecular complexity index is 638. The molecule has 0 unspecified atom stereocenters. The van der Waals surface area contributed by atoms with Crippen LogP contribution in [0, 0.1) is 0 Å². The molecule has 0 radical (unpaired) electrons. The van der Waals surface area contributed by atoms with Crippen LogP contribution in [0.2, 0.25) is 0 Å². The van der Waals surface area contributed by atoms with Gasteiger partial charge in [-0.1, -0.05) is 22.9 Å². The molecule has 6 heteroatoms. The lowest BCUT2D eigenvalue weighted by atomic mass is 10.2. The molecule has 2 aromatic rings. The number of ether oxygens (including phenoxy) is 1. The van der Waals surface area contributed by atoms with Gasteiger partial charge in [-0.05, 0) is 40.5 Å². The monoisotopic (exact) mass is 400 g/mol. The molecule has 1 aromatic heterocycles. The van der Waals surface area contributed by atoms with Gasteiger partial charge in [0.1, 0.15) is 12.4 Å². The zero-order valence-electron chi connectivity index (χ0n) is 11.2. The van der Waals surface area contributed by atoms with E-state index in [1.807, 2.05) is 13.1 Å². The lowest BCUT2D eigenvalue weighted by Gasteiger charge is -2.09. The molecule has 2 rings (SSSR count). The summed E-state index contributed by atoms with van der Waals surface area (Å²) in [4.78, 5) is 11.0.